The summed E-state index contributed by atoms with van der Waals surface area (Å²) in [6.45, 7) is 4.60. The maximum Gasteiger partial charge on any atom is 0.341 e. The van der Waals surface area contributed by atoms with E-state index in [4.69, 9.17) is 10.1 Å². The summed E-state index contributed by atoms with van der Waals surface area (Å²) >= 11 is 0. The molecule has 32 heavy (non-hydrogen) atoms. The largest absolute Gasteiger partial charge is 0.462 e. The summed E-state index contributed by atoms with van der Waals surface area (Å²) in [6.07, 6.45) is 0. The van der Waals surface area contributed by atoms with Crippen molar-refractivity contribution in [1.82, 2.24) is 9.13 Å². The second-order valence-corrected chi connectivity index (χ2v) is 7.66. The fourth-order valence-electron chi connectivity index (χ4n) is 3.86. The van der Waals surface area contributed by atoms with Gasteiger partial charge in [0.25, 0.3) is 5.56 Å². The first kappa shape index (κ1) is 21.3. The third-order valence-corrected chi connectivity index (χ3v) is 5.49. The zero-order chi connectivity index (χ0) is 22.7. The second kappa shape index (κ2) is 9.06. The standard InChI is InChI=1S/C26H25N3O3/c1-3-32-26(31)22-15-21-23(29(24(22)27)17-20-12-8-5-9-13-20)14-18(2)28(25(21)30)16-19-10-6-4-7-11-19/h4-15,27H,3,16-17H2,1-2H3. The Bertz CT molecular complexity index is 1390. The number of benzene rings is 2. The maximum atomic E-state index is 13.5. The SMILES string of the molecule is CCOC(=O)c1cc2c(=O)n(Cc3ccccc3)c(C)cc2n(Cc2ccccc2)c1=N. The van der Waals surface area contributed by atoms with Crippen LogP contribution in [0.4, 0.5) is 0 Å². The van der Waals surface area contributed by atoms with Gasteiger partial charge in [0.1, 0.15) is 11.1 Å². The highest BCUT2D eigenvalue weighted by molar-refractivity contribution is 5.93. The van der Waals surface area contributed by atoms with Crippen LogP contribution < -0.4 is 11.0 Å². The van der Waals surface area contributed by atoms with Gasteiger partial charge in [0.2, 0.25) is 0 Å². The highest BCUT2D eigenvalue weighted by Crippen LogP contribution is 2.16. The summed E-state index contributed by atoms with van der Waals surface area (Å²) in [6, 6.07) is 22.9. The number of esters is 1. The van der Waals surface area contributed by atoms with E-state index in [9.17, 15) is 9.59 Å². The van der Waals surface area contributed by atoms with Crippen molar-refractivity contribution in [2.75, 3.05) is 6.61 Å². The van der Waals surface area contributed by atoms with Gasteiger partial charge in [0.05, 0.1) is 24.1 Å². The number of carbonyl (C=O) groups excluding carboxylic acids is 1. The lowest BCUT2D eigenvalue weighted by Crippen LogP contribution is -2.32. The van der Waals surface area contributed by atoms with Crippen molar-refractivity contribution in [1.29, 1.82) is 5.41 Å². The summed E-state index contributed by atoms with van der Waals surface area (Å²) in [7, 11) is 0. The predicted molar refractivity (Wildman–Crippen MR) is 124 cm³/mol. The summed E-state index contributed by atoms with van der Waals surface area (Å²) < 4.78 is 8.58. The number of ether oxygens (including phenoxy) is 1. The normalized spacial score (nSPS) is 10.9. The average Bonchev–Trinajstić information content (AvgIpc) is 2.80. The van der Waals surface area contributed by atoms with Crippen molar-refractivity contribution in [3.8, 4) is 0 Å². The number of nitrogens with zero attached hydrogens (tertiary/aromatic N) is 2. The number of fused-ring (bicyclic) bond motifs is 1. The van der Waals surface area contributed by atoms with E-state index in [2.05, 4.69) is 0 Å². The molecular weight excluding hydrogens is 402 g/mol. The van der Waals surface area contributed by atoms with Crippen molar-refractivity contribution in [2.24, 2.45) is 0 Å². The van der Waals surface area contributed by atoms with Gasteiger partial charge < -0.3 is 13.9 Å². The van der Waals surface area contributed by atoms with Gasteiger partial charge in [0, 0.05) is 12.2 Å². The van der Waals surface area contributed by atoms with Crippen molar-refractivity contribution in [3.05, 3.63) is 111 Å². The van der Waals surface area contributed by atoms with Crippen LogP contribution in [0.1, 0.15) is 34.1 Å². The van der Waals surface area contributed by atoms with E-state index in [1.165, 1.54) is 6.07 Å². The van der Waals surface area contributed by atoms with Crippen molar-refractivity contribution < 1.29 is 9.53 Å². The minimum absolute atomic E-state index is 0.0272. The molecule has 0 saturated carbocycles. The predicted octanol–water partition coefficient (Wildman–Crippen LogP) is 3.86. The molecule has 0 unspecified atom stereocenters. The Labute approximate surface area is 185 Å². The van der Waals surface area contributed by atoms with E-state index < -0.39 is 5.97 Å². The zero-order valence-electron chi connectivity index (χ0n) is 18.2. The molecule has 0 spiro atoms. The highest BCUT2D eigenvalue weighted by Gasteiger charge is 2.18. The molecule has 0 atom stereocenters. The van der Waals surface area contributed by atoms with Crippen molar-refractivity contribution in [2.45, 2.75) is 26.9 Å². The molecule has 0 aliphatic heterocycles. The molecule has 0 amide bonds. The summed E-state index contributed by atoms with van der Waals surface area (Å²) in [4.78, 5) is 26.1. The number of hydrogen-bond acceptors (Lipinski definition) is 4. The second-order valence-electron chi connectivity index (χ2n) is 7.66. The van der Waals surface area contributed by atoms with Crippen molar-refractivity contribution >= 4 is 16.9 Å². The fourth-order valence-corrected chi connectivity index (χ4v) is 3.86. The molecule has 162 valence electrons. The summed E-state index contributed by atoms with van der Waals surface area (Å²) in [5.74, 6) is -0.601. The number of hydrogen-bond donors (Lipinski definition) is 1. The molecule has 4 aromatic rings. The number of aromatic nitrogens is 2. The molecule has 4 rings (SSSR count). The van der Waals surface area contributed by atoms with Gasteiger partial charge in [-0.1, -0.05) is 60.7 Å². The van der Waals surface area contributed by atoms with Crippen molar-refractivity contribution in [3.63, 3.8) is 0 Å². The van der Waals surface area contributed by atoms with Crippen LogP contribution in [0.15, 0.2) is 77.6 Å². The Morgan fingerprint density at radius 1 is 0.906 bits per heavy atom. The first-order valence-corrected chi connectivity index (χ1v) is 10.6. The molecule has 6 heteroatoms. The van der Waals surface area contributed by atoms with Gasteiger partial charge in [-0.3, -0.25) is 10.2 Å². The molecule has 0 saturated heterocycles. The highest BCUT2D eigenvalue weighted by atomic mass is 16.5. The minimum atomic E-state index is -0.601. The van der Waals surface area contributed by atoms with Gasteiger partial charge in [-0.05, 0) is 37.1 Å². The van der Waals surface area contributed by atoms with Crippen LogP contribution in [0.2, 0.25) is 0 Å². The first-order chi connectivity index (χ1) is 15.5. The average molecular weight is 428 g/mol. The minimum Gasteiger partial charge on any atom is -0.462 e. The van der Waals surface area contributed by atoms with Gasteiger partial charge >= 0.3 is 5.97 Å². The van der Waals surface area contributed by atoms with Crippen LogP contribution in [-0.2, 0) is 17.8 Å². The Kier molecular flexibility index (Phi) is 6.03. The lowest BCUT2D eigenvalue weighted by atomic mass is 10.1. The molecule has 2 heterocycles. The third-order valence-electron chi connectivity index (χ3n) is 5.49. The van der Waals surface area contributed by atoms with Gasteiger partial charge in [0.15, 0.2) is 0 Å². The summed E-state index contributed by atoms with van der Waals surface area (Å²) in [5.41, 5.74) is 3.31. The molecule has 6 nitrogen and oxygen atoms in total. The van der Waals surface area contributed by atoms with Gasteiger partial charge in [-0.25, -0.2) is 4.79 Å². The molecule has 1 N–H and O–H groups in total. The molecule has 2 aromatic heterocycles. The van der Waals surface area contributed by atoms with Gasteiger partial charge in [-0.15, -0.1) is 0 Å². The zero-order valence-corrected chi connectivity index (χ0v) is 18.2. The summed E-state index contributed by atoms with van der Waals surface area (Å²) in [5, 5.41) is 9.10. The fraction of sp³-hybridized carbons (Fsp3) is 0.192. The van der Waals surface area contributed by atoms with Crippen LogP contribution in [0.25, 0.3) is 10.9 Å². The lowest BCUT2D eigenvalue weighted by Gasteiger charge is -2.17. The quantitative estimate of drug-likeness (QED) is 0.475. The van der Waals surface area contributed by atoms with E-state index in [1.807, 2.05) is 73.7 Å². The molecule has 0 aliphatic carbocycles. The number of nitrogens with one attached hydrogen (secondary N) is 1. The molecule has 0 aliphatic rings. The number of carbonyl (C=O) groups is 1. The maximum absolute atomic E-state index is 13.5. The number of pyridine rings is 2. The van der Waals surface area contributed by atoms with Crippen LogP contribution in [0, 0.1) is 12.3 Å². The number of aryl methyl sites for hydroxylation is 1. The first-order valence-electron chi connectivity index (χ1n) is 10.6. The van der Waals surface area contributed by atoms with Gasteiger partial charge in [-0.2, -0.15) is 0 Å². The van der Waals surface area contributed by atoms with E-state index in [1.54, 1.807) is 16.1 Å². The molecule has 0 radical (unpaired) electrons. The Morgan fingerprint density at radius 2 is 1.47 bits per heavy atom. The van der Waals surface area contributed by atoms with Crippen LogP contribution >= 0.6 is 0 Å². The monoisotopic (exact) mass is 427 g/mol. The Morgan fingerprint density at radius 3 is 2.03 bits per heavy atom. The molecule has 0 fully saturated rings. The van der Waals surface area contributed by atoms with Crippen LogP contribution in [0.5, 0.6) is 0 Å². The lowest BCUT2D eigenvalue weighted by molar-refractivity contribution is 0.0523. The number of rotatable bonds is 6. The van der Waals surface area contributed by atoms with Crippen LogP contribution in [0.3, 0.4) is 0 Å². The van der Waals surface area contributed by atoms with Crippen LogP contribution in [-0.4, -0.2) is 21.7 Å². The Hall–Kier alpha value is -3.93. The molecule has 2 aromatic carbocycles. The smallest absolute Gasteiger partial charge is 0.341 e. The topological polar surface area (TPSA) is 77.1 Å². The third kappa shape index (κ3) is 4.12. The Balaban J connectivity index is 1.96. The molecular formula is C26H25N3O3. The van der Waals surface area contributed by atoms with E-state index in [-0.39, 0.29) is 23.2 Å². The van der Waals surface area contributed by atoms with E-state index in [0.29, 0.717) is 24.0 Å². The van der Waals surface area contributed by atoms with E-state index >= 15 is 0 Å². The van der Waals surface area contributed by atoms with E-state index in [0.717, 1.165) is 16.8 Å². The molecule has 0 bridgehead atoms.